The van der Waals surface area contributed by atoms with Crippen LogP contribution in [0.3, 0.4) is 0 Å². The molecule has 1 nitrogen and oxygen atoms in total. The van der Waals surface area contributed by atoms with E-state index in [1.165, 1.54) is 5.56 Å². The van der Waals surface area contributed by atoms with Crippen molar-refractivity contribution in [3.05, 3.63) is 34.4 Å². The molecule has 0 aliphatic rings. The SMILES string of the molecule is Cc1ccc(C(C)C)c(C)c1C#N. The molecule has 0 unspecified atom stereocenters. The minimum absolute atomic E-state index is 0.493. The van der Waals surface area contributed by atoms with Crippen LogP contribution in [-0.4, -0.2) is 0 Å². The van der Waals surface area contributed by atoms with Crippen LogP contribution in [0.15, 0.2) is 12.1 Å². The second-order valence-corrected chi connectivity index (χ2v) is 3.74. The van der Waals surface area contributed by atoms with Crippen LogP contribution < -0.4 is 0 Å². The minimum atomic E-state index is 0.493. The zero-order chi connectivity index (χ0) is 10.0. The van der Waals surface area contributed by atoms with Crippen LogP contribution in [0.1, 0.15) is 42.0 Å². The standard InChI is InChI=1S/C12H15N/c1-8(2)11-6-5-9(3)12(7-13)10(11)4/h5-6,8H,1-4H3. The van der Waals surface area contributed by atoms with E-state index in [0.717, 1.165) is 16.7 Å². The molecule has 0 spiro atoms. The summed E-state index contributed by atoms with van der Waals surface area (Å²) in [5.74, 6) is 0.493. The van der Waals surface area contributed by atoms with Crippen LogP contribution in [-0.2, 0) is 0 Å². The summed E-state index contributed by atoms with van der Waals surface area (Å²) in [5.41, 5.74) is 4.33. The predicted octanol–water partition coefficient (Wildman–Crippen LogP) is 3.30. The van der Waals surface area contributed by atoms with E-state index < -0.39 is 0 Å². The number of hydrogen-bond acceptors (Lipinski definition) is 1. The molecule has 0 aliphatic heterocycles. The van der Waals surface area contributed by atoms with Gasteiger partial charge in [0, 0.05) is 0 Å². The number of benzene rings is 1. The van der Waals surface area contributed by atoms with E-state index in [1.54, 1.807) is 0 Å². The molecule has 0 saturated carbocycles. The van der Waals surface area contributed by atoms with Gasteiger partial charge in [-0.2, -0.15) is 5.26 Å². The van der Waals surface area contributed by atoms with Crippen molar-refractivity contribution in [2.45, 2.75) is 33.6 Å². The molecule has 1 rings (SSSR count). The fourth-order valence-corrected chi connectivity index (χ4v) is 1.66. The Morgan fingerprint density at radius 3 is 2.31 bits per heavy atom. The Labute approximate surface area is 80.0 Å². The third kappa shape index (κ3) is 1.72. The summed E-state index contributed by atoms with van der Waals surface area (Å²) in [6.45, 7) is 8.31. The third-order valence-electron chi connectivity index (χ3n) is 2.45. The first-order chi connectivity index (χ1) is 6.07. The fourth-order valence-electron chi connectivity index (χ4n) is 1.66. The van der Waals surface area contributed by atoms with Crippen LogP contribution in [0.2, 0.25) is 0 Å². The van der Waals surface area contributed by atoms with Gasteiger partial charge in [0.05, 0.1) is 11.6 Å². The molecule has 1 aromatic carbocycles. The van der Waals surface area contributed by atoms with Gasteiger partial charge in [-0.3, -0.25) is 0 Å². The largest absolute Gasteiger partial charge is 0.192 e. The topological polar surface area (TPSA) is 23.8 Å². The van der Waals surface area contributed by atoms with Crippen molar-refractivity contribution in [2.24, 2.45) is 0 Å². The summed E-state index contributed by atoms with van der Waals surface area (Å²) < 4.78 is 0. The Kier molecular flexibility index (Phi) is 2.72. The fraction of sp³-hybridized carbons (Fsp3) is 0.417. The molecule has 0 aliphatic carbocycles. The van der Waals surface area contributed by atoms with Gasteiger partial charge in [-0.25, -0.2) is 0 Å². The highest BCUT2D eigenvalue weighted by Gasteiger charge is 2.08. The Bertz CT molecular complexity index is 356. The molecule has 0 saturated heterocycles. The van der Waals surface area contributed by atoms with Crippen molar-refractivity contribution in [3.8, 4) is 6.07 Å². The molecule has 0 N–H and O–H groups in total. The highest BCUT2D eigenvalue weighted by atomic mass is 14.3. The number of rotatable bonds is 1. The van der Waals surface area contributed by atoms with Gasteiger partial charge in [-0.1, -0.05) is 26.0 Å². The first-order valence-electron chi connectivity index (χ1n) is 4.58. The first kappa shape index (κ1) is 9.80. The molecule has 1 aromatic rings. The minimum Gasteiger partial charge on any atom is -0.192 e. The number of nitrogens with zero attached hydrogens (tertiary/aromatic N) is 1. The predicted molar refractivity (Wildman–Crippen MR) is 54.7 cm³/mol. The number of hydrogen-bond donors (Lipinski definition) is 0. The van der Waals surface area contributed by atoms with E-state index in [0.29, 0.717) is 5.92 Å². The zero-order valence-electron chi connectivity index (χ0n) is 8.68. The van der Waals surface area contributed by atoms with Gasteiger partial charge >= 0.3 is 0 Å². The van der Waals surface area contributed by atoms with Crippen molar-refractivity contribution in [3.63, 3.8) is 0 Å². The summed E-state index contributed by atoms with van der Waals surface area (Å²) in [4.78, 5) is 0. The van der Waals surface area contributed by atoms with Gasteiger partial charge in [0.15, 0.2) is 0 Å². The van der Waals surface area contributed by atoms with Gasteiger partial charge in [-0.05, 0) is 36.5 Å². The lowest BCUT2D eigenvalue weighted by atomic mass is 9.92. The first-order valence-corrected chi connectivity index (χ1v) is 4.58. The van der Waals surface area contributed by atoms with Crippen LogP contribution in [0, 0.1) is 25.2 Å². The summed E-state index contributed by atoms with van der Waals surface area (Å²) >= 11 is 0. The summed E-state index contributed by atoms with van der Waals surface area (Å²) in [6.07, 6.45) is 0. The molecule has 68 valence electrons. The maximum Gasteiger partial charge on any atom is 0.0997 e. The number of aryl methyl sites for hydroxylation is 1. The van der Waals surface area contributed by atoms with E-state index in [9.17, 15) is 0 Å². The molecule has 0 fully saturated rings. The maximum absolute atomic E-state index is 8.96. The van der Waals surface area contributed by atoms with E-state index in [1.807, 2.05) is 19.9 Å². The van der Waals surface area contributed by atoms with Gasteiger partial charge < -0.3 is 0 Å². The monoisotopic (exact) mass is 173 g/mol. The summed E-state index contributed by atoms with van der Waals surface area (Å²) in [7, 11) is 0. The van der Waals surface area contributed by atoms with E-state index >= 15 is 0 Å². The zero-order valence-corrected chi connectivity index (χ0v) is 8.68. The van der Waals surface area contributed by atoms with Crippen molar-refractivity contribution in [1.29, 1.82) is 5.26 Å². The summed E-state index contributed by atoms with van der Waals surface area (Å²) in [6, 6.07) is 6.41. The third-order valence-corrected chi connectivity index (χ3v) is 2.45. The van der Waals surface area contributed by atoms with Crippen LogP contribution in [0.5, 0.6) is 0 Å². The second kappa shape index (κ2) is 3.62. The van der Waals surface area contributed by atoms with Crippen LogP contribution in [0.25, 0.3) is 0 Å². The van der Waals surface area contributed by atoms with E-state index in [-0.39, 0.29) is 0 Å². The summed E-state index contributed by atoms with van der Waals surface area (Å²) in [5, 5.41) is 8.96. The lowest BCUT2D eigenvalue weighted by molar-refractivity contribution is 0.854. The number of nitriles is 1. The van der Waals surface area contributed by atoms with Gasteiger partial charge in [0.1, 0.15) is 0 Å². The Morgan fingerprint density at radius 2 is 1.85 bits per heavy atom. The molecule has 0 bridgehead atoms. The van der Waals surface area contributed by atoms with Crippen molar-refractivity contribution in [2.75, 3.05) is 0 Å². The normalized spacial score (nSPS) is 10.2. The highest BCUT2D eigenvalue weighted by Crippen LogP contribution is 2.23. The van der Waals surface area contributed by atoms with Crippen molar-refractivity contribution in [1.82, 2.24) is 0 Å². The molecular weight excluding hydrogens is 158 g/mol. The Balaban J connectivity index is 3.38. The van der Waals surface area contributed by atoms with Crippen LogP contribution >= 0.6 is 0 Å². The molecule has 0 radical (unpaired) electrons. The van der Waals surface area contributed by atoms with Crippen LogP contribution in [0.4, 0.5) is 0 Å². The van der Waals surface area contributed by atoms with Crippen molar-refractivity contribution >= 4 is 0 Å². The van der Waals surface area contributed by atoms with Gasteiger partial charge in [0.25, 0.3) is 0 Å². The van der Waals surface area contributed by atoms with Gasteiger partial charge in [-0.15, -0.1) is 0 Å². The molecule has 0 aromatic heterocycles. The molecule has 0 amide bonds. The molecular formula is C12H15N. The lowest BCUT2D eigenvalue weighted by Crippen LogP contribution is -1.96. The van der Waals surface area contributed by atoms with Crippen molar-refractivity contribution < 1.29 is 0 Å². The average molecular weight is 173 g/mol. The quantitative estimate of drug-likeness (QED) is 0.639. The Hall–Kier alpha value is -1.29. The molecule has 0 heterocycles. The van der Waals surface area contributed by atoms with E-state index in [2.05, 4.69) is 26.0 Å². The lowest BCUT2D eigenvalue weighted by Gasteiger charge is -2.12. The smallest absolute Gasteiger partial charge is 0.0997 e. The molecule has 13 heavy (non-hydrogen) atoms. The second-order valence-electron chi connectivity index (χ2n) is 3.74. The van der Waals surface area contributed by atoms with Gasteiger partial charge in [0.2, 0.25) is 0 Å². The molecule has 1 heteroatoms. The maximum atomic E-state index is 8.96. The Morgan fingerprint density at radius 1 is 1.23 bits per heavy atom. The highest BCUT2D eigenvalue weighted by molar-refractivity contribution is 5.48. The average Bonchev–Trinajstić information content (AvgIpc) is 2.04. The molecule has 0 atom stereocenters. The van der Waals surface area contributed by atoms with E-state index in [4.69, 9.17) is 5.26 Å².